The third-order valence-corrected chi connectivity index (χ3v) is 3.99. The van der Waals surface area contributed by atoms with Crippen LogP contribution in [-0.2, 0) is 13.1 Å². The summed E-state index contributed by atoms with van der Waals surface area (Å²) in [6.45, 7) is 5.26. The quantitative estimate of drug-likeness (QED) is 0.849. The van der Waals surface area contributed by atoms with E-state index in [0.29, 0.717) is 18.7 Å². The van der Waals surface area contributed by atoms with E-state index in [2.05, 4.69) is 18.8 Å². The van der Waals surface area contributed by atoms with E-state index in [4.69, 9.17) is 4.74 Å². The summed E-state index contributed by atoms with van der Waals surface area (Å²) in [5.41, 5.74) is 2.60. The largest absolute Gasteiger partial charge is 0.490 e. The average Bonchev–Trinajstić information content (AvgIpc) is 2.86. The summed E-state index contributed by atoms with van der Waals surface area (Å²) in [5.74, 6) is 0.898. The van der Waals surface area contributed by atoms with Gasteiger partial charge in [-0.2, -0.15) is 0 Å². The van der Waals surface area contributed by atoms with E-state index < -0.39 is 0 Å². The van der Waals surface area contributed by atoms with Gasteiger partial charge in [0.05, 0.1) is 30.5 Å². The minimum atomic E-state index is 0.0430. The molecule has 1 aromatic carbocycles. The molecular formula is C18H20N2O2. The molecule has 3 rings (SSSR count). The van der Waals surface area contributed by atoms with Crippen LogP contribution in [0.3, 0.4) is 0 Å². The summed E-state index contributed by atoms with van der Waals surface area (Å²) in [7, 11) is 0. The SMILES string of the molecule is CCC(C)Oc1ccccc1CN1Cc2ncccc2C1=O. The van der Waals surface area contributed by atoms with E-state index >= 15 is 0 Å². The van der Waals surface area contributed by atoms with Gasteiger partial charge in [-0.1, -0.05) is 25.1 Å². The lowest BCUT2D eigenvalue weighted by Crippen LogP contribution is -2.24. The van der Waals surface area contributed by atoms with Crippen LogP contribution in [0.2, 0.25) is 0 Å². The molecule has 4 heteroatoms. The number of amides is 1. The van der Waals surface area contributed by atoms with E-state index in [1.54, 1.807) is 12.3 Å². The van der Waals surface area contributed by atoms with Gasteiger partial charge in [0.25, 0.3) is 5.91 Å². The molecule has 0 spiro atoms. The molecule has 0 saturated heterocycles. The van der Waals surface area contributed by atoms with E-state index in [1.807, 2.05) is 35.2 Å². The molecule has 0 radical (unpaired) electrons. The number of fused-ring (bicyclic) bond motifs is 1. The predicted octanol–water partition coefficient (Wildman–Crippen LogP) is 3.41. The topological polar surface area (TPSA) is 42.4 Å². The zero-order valence-corrected chi connectivity index (χ0v) is 13.0. The number of ether oxygens (including phenoxy) is 1. The molecule has 0 N–H and O–H groups in total. The Labute approximate surface area is 130 Å². The summed E-state index contributed by atoms with van der Waals surface area (Å²) >= 11 is 0. The van der Waals surface area contributed by atoms with E-state index in [0.717, 1.165) is 23.4 Å². The molecule has 2 heterocycles. The van der Waals surface area contributed by atoms with Crippen molar-refractivity contribution in [2.45, 2.75) is 39.5 Å². The lowest BCUT2D eigenvalue weighted by Gasteiger charge is -2.20. The first-order chi connectivity index (χ1) is 10.7. The van der Waals surface area contributed by atoms with Crippen molar-refractivity contribution in [3.8, 4) is 5.75 Å². The number of nitrogens with zero attached hydrogens (tertiary/aromatic N) is 2. The number of aromatic nitrogens is 1. The third kappa shape index (κ3) is 2.82. The Kier molecular flexibility index (Phi) is 4.09. The third-order valence-electron chi connectivity index (χ3n) is 3.99. The van der Waals surface area contributed by atoms with Crippen LogP contribution in [-0.4, -0.2) is 21.9 Å². The van der Waals surface area contributed by atoms with Crippen molar-refractivity contribution in [2.24, 2.45) is 0 Å². The summed E-state index contributed by atoms with van der Waals surface area (Å²) in [6.07, 6.45) is 2.84. The summed E-state index contributed by atoms with van der Waals surface area (Å²) < 4.78 is 5.96. The second-order valence-electron chi connectivity index (χ2n) is 5.60. The minimum Gasteiger partial charge on any atom is -0.490 e. The van der Waals surface area contributed by atoms with Gasteiger partial charge < -0.3 is 9.64 Å². The summed E-state index contributed by atoms with van der Waals surface area (Å²) in [6, 6.07) is 11.6. The van der Waals surface area contributed by atoms with E-state index in [-0.39, 0.29) is 12.0 Å². The Morgan fingerprint density at radius 1 is 1.27 bits per heavy atom. The molecular weight excluding hydrogens is 276 g/mol. The normalized spacial score (nSPS) is 14.8. The van der Waals surface area contributed by atoms with Crippen LogP contribution in [0, 0.1) is 0 Å². The Hall–Kier alpha value is -2.36. The molecule has 0 fully saturated rings. The molecule has 22 heavy (non-hydrogen) atoms. The highest BCUT2D eigenvalue weighted by atomic mass is 16.5. The van der Waals surface area contributed by atoms with Crippen molar-refractivity contribution < 1.29 is 9.53 Å². The van der Waals surface area contributed by atoms with Crippen molar-refractivity contribution in [3.63, 3.8) is 0 Å². The van der Waals surface area contributed by atoms with Gasteiger partial charge >= 0.3 is 0 Å². The maximum absolute atomic E-state index is 12.4. The average molecular weight is 296 g/mol. The van der Waals surface area contributed by atoms with E-state index in [9.17, 15) is 4.79 Å². The highest BCUT2D eigenvalue weighted by molar-refractivity contribution is 5.97. The number of benzene rings is 1. The lowest BCUT2D eigenvalue weighted by atomic mass is 10.2. The van der Waals surface area contributed by atoms with Crippen LogP contribution >= 0.6 is 0 Å². The van der Waals surface area contributed by atoms with E-state index in [1.165, 1.54) is 0 Å². The van der Waals surface area contributed by atoms with Crippen molar-refractivity contribution >= 4 is 5.91 Å². The van der Waals surface area contributed by atoms with Gasteiger partial charge in [-0.15, -0.1) is 0 Å². The molecule has 1 aliphatic rings. The van der Waals surface area contributed by atoms with Crippen LogP contribution in [0.5, 0.6) is 5.75 Å². The standard InChI is InChI=1S/C18H20N2O2/c1-3-13(2)22-17-9-5-4-7-14(17)11-20-12-16-15(18(20)21)8-6-10-19-16/h4-10,13H,3,11-12H2,1-2H3. The Morgan fingerprint density at radius 2 is 2.09 bits per heavy atom. The van der Waals surface area contributed by atoms with Crippen molar-refractivity contribution in [1.29, 1.82) is 0 Å². The molecule has 4 nitrogen and oxygen atoms in total. The molecule has 1 amide bonds. The Morgan fingerprint density at radius 3 is 2.86 bits per heavy atom. The number of rotatable bonds is 5. The lowest BCUT2D eigenvalue weighted by molar-refractivity contribution is 0.0764. The number of hydrogen-bond acceptors (Lipinski definition) is 3. The highest BCUT2D eigenvalue weighted by Crippen LogP contribution is 2.26. The first-order valence-corrected chi connectivity index (χ1v) is 7.66. The number of pyridine rings is 1. The second kappa shape index (κ2) is 6.18. The van der Waals surface area contributed by atoms with Crippen LogP contribution in [0.25, 0.3) is 0 Å². The van der Waals surface area contributed by atoms with Crippen LogP contribution in [0.4, 0.5) is 0 Å². The smallest absolute Gasteiger partial charge is 0.256 e. The molecule has 1 aromatic heterocycles. The van der Waals surface area contributed by atoms with Crippen LogP contribution < -0.4 is 4.74 Å². The minimum absolute atomic E-state index is 0.0430. The molecule has 1 atom stereocenters. The first-order valence-electron chi connectivity index (χ1n) is 7.66. The fourth-order valence-corrected chi connectivity index (χ4v) is 2.56. The van der Waals surface area contributed by atoms with Gasteiger partial charge in [0.1, 0.15) is 5.75 Å². The number of carbonyl (C=O) groups is 1. The summed E-state index contributed by atoms with van der Waals surface area (Å²) in [4.78, 5) is 18.5. The molecule has 1 unspecified atom stereocenters. The zero-order chi connectivity index (χ0) is 15.5. The molecule has 0 aliphatic carbocycles. The second-order valence-corrected chi connectivity index (χ2v) is 5.60. The molecule has 0 saturated carbocycles. The molecule has 2 aromatic rings. The van der Waals surface area contributed by atoms with Gasteiger partial charge in [0.2, 0.25) is 0 Å². The van der Waals surface area contributed by atoms with Gasteiger partial charge in [-0.05, 0) is 31.5 Å². The fraction of sp³-hybridized carbons (Fsp3) is 0.333. The zero-order valence-electron chi connectivity index (χ0n) is 13.0. The van der Waals surface area contributed by atoms with Gasteiger partial charge in [0.15, 0.2) is 0 Å². The van der Waals surface area contributed by atoms with Gasteiger partial charge in [-0.3, -0.25) is 9.78 Å². The van der Waals surface area contributed by atoms with Gasteiger partial charge in [-0.25, -0.2) is 0 Å². The number of para-hydroxylation sites is 1. The van der Waals surface area contributed by atoms with Crippen LogP contribution in [0.15, 0.2) is 42.6 Å². The maximum atomic E-state index is 12.4. The van der Waals surface area contributed by atoms with Crippen molar-refractivity contribution in [1.82, 2.24) is 9.88 Å². The monoisotopic (exact) mass is 296 g/mol. The maximum Gasteiger partial charge on any atom is 0.256 e. The number of hydrogen-bond donors (Lipinski definition) is 0. The Balaban J connectivity index is 1.79. The Bertz CT molecular complexity index is 684. The van der Waals surface area contributed by atoms with Crippen molar-refractivity contribution in [2.75, 3.05) is 0 Å². The highest BCUT2D eigenvalue weighted by Gasteiger charge is 2.28. The summed E-state index contributed by atoms with van der Waals surface area (Å²) in [5, 5.41) is 0. The van der Waals surface area contributed by atoms with Gasteiger partial charge in [0, 0.05) is 11.8 Å². The predicted molar refractivity (Wildman–Crippen MR) is 84.6 cm³/mol. The van der Waals surface area contributed by atoms with Crippen LogP contribution in [0.1, 0.15) is 41.9 Å². The molecule has 1 aliphatic heterocycles. The van der Waals surface area contributed by atoms with Crippen molar-refractivity contribution in [3.05, 3.63) is 59.4 Å². The first kappa shape index (κ1) is 14.6. The molecule has 114 valence electrons. The number of carbonyl (C=O) groups excluding carboxylic acids is 1. The molecule has 0 bridgehead atoms. The fourth-order valence-electron chi connectivity index (χ4n) is 2.56.